The maximum atomic E-state index is 12.4. The molecule has 25 heavy (non-hydrogen) atoms. The highest BCUT2D eigenvalue weighted by atomic mass is 16.5. The molecule has 1 heterocycles. The third-order valence-corrected chi connectivity index (χ3v) is 4.29. The summed E-state index contributed by atoms with van der Waals surface area (Å²) in [7, 11) is 0. The summed E-state index contributed by atoms with van der Waals surface area (Å²) in [5.41, 5.74) is 2.67. The fourth-order valence-electron chi connectivity index (χ4n) is 2.90. The average molecular weight is 341 g/mol. The molecule has 2 aromatic rings. The Balaban J connectivity index is 1.56. The highest BCUT2D eigenvalue weighted by Crippen LogP contribution is 2.16. The highest BCUT2D eigenvalue weighted by molar-refractivity contribution is 6.04. The Morgan fingerprint density at radius 3 is 2.40 bits per heavy atom. The van der Waals surface area contributed by atoms with E-state index in [0.29, 0.717) is 12.2 Å². The first kappa shape index (κ1) is 17.5. The van der Waals surface area contributed by atoms with Crippen LogP contribution in [0.1, 0.15) is 22.8 Å². The van der Waals surface area contributed by atoms with Crippen molar-refractivity contribution < 1.29 is 19.2 Å². The summed E-state index contributed by atoms with van der Waals surface area (Å²) in [6.45, 7) is 7.30. The normalized spacial score (nSPS) is 14.9. The van der Waals surface area contributed by atoms with Crippen LogP contribution in [0.3, 0.4) is 0 Å². The minimum Gasteiger partial charge on any atom is -0.494 e. The standard InChI is InChI=1S/C20H24N2O3/c1-2-25-19-9-7-18(8-10-19)21-20(23)17-5-3-16(4-6-17)15-22-11-13-24-14-12-22/h3-10H,2,11-15H2,1H3,(H,21,23)/p+1. The van der Waals surface area contributed by atoms with Crippen LogP contribution >= 0.6 is 0 Å². The average Bonchev–Trinajstić information content (AvgIpc) is 2.65. The second-order valence-electron chi connectivity index (χ2n) is 6.15. The van der Waals surface area contributed by atoms with Crippen molar-refractivity contribution in [1.82, 2.24) is 0 Å². The van der Waals surface area contributed by atoms with Crippen molar-refractivity contribution in [2.75, 3.05) is 38.2 Å². The molecular weight excluding hydrogens is 316 g/mol. The number of anilines is 1. The van der Waals surface area contributed by atoms with E-state index in [1.807, 2.05) is 55.5 Å². The smallest absolute Gasteiger partial charge is 0.255 e. The first-order valence-electron chi connectivity index (χ1n) is 8.79. The van der Waals surface area contributed by atoms with E-state index in [9.17, 15) is 4.79 Å². The molecule has 0 atom stereocenters. The van der Waals surface area contributed by atoms with E-state index in [4.69, 9.17) is 9.47 Å². The number of ether oxygens (including phenoxy) is 2. The molecule has 0 aromatic heterocycles. The number of benzene rings is 2. The molecule has 3 rings (SSSR count). The highest BCUT2D eigenvalue weighted by Gasteiger charge is 2.14. The molecule has 0 bridgehead atoms. The largest absolute Gasteiger partial charge is 0.494 e. The van der Waals surface area contributed by atoms with Gasteiger partial charge in [-0.25, -0.2) is 0 Å². The van der Waals surface area contributed by atoms with Gasteiger partial charge in [-0.2, -0.15) is 0 Å². The lowest BCUT2D eigenvalue weighted by atomic mass is 10.1. The molecule has 1 amide bonds. The van der Waals surface area contributed by atoms with Gasteiger partial charge in [-0.1, -0.05) is 12.1 Å². The summed E-state index contributed by atoms with van der Waals surface area (Å²) >= 11 is 0. The van der Waals surface area contributed by atoms with Gasteiger partial charge in [0.25, 0.3) is 5.91 Å². The Morgan fingerprint density at radius 2 is 1.76 bits per heavy atom. The van der Waals surface area contributed by atoms with Crippen LogP contribution in [-0.2, 0) is 11.3 Å². The molecule has 1 saturated heterocycles. The molecule has 132 valence electrons. The van der Waals surface area contributed by atoms with Gasteiger partial charge in [0, 0.05) is 16.8 Å². The quantitative estimate of drug-likeness (QED) is 0.842. The Kier molecular flexibility index (Phi) is 6.04. The van der Waals surface area contributed by atoms with E-state index in [0.717, 1.165) is 44.3 Å². The number of hydrogen-bond acceptors (Lipinski definition) is 3. The Morgan fingerprint density at radius 1 is 1.08 bits per heavy atom. The van der Waals surface area contributed by atoms with Crippen LogP contribution in [-0.4, -0.2) is 38.8 Å². The fourth-order valence-corrected chi connectivity index (χ4v) is 2.90. The number of nitrogens with one attached hydrogen (secondary N) is 2. The van der Waals surface area contributed by atoms with Crippen molar-refractivity contribution >= 4 is 11.6 Å². The van der Waals surface area contributed by atoms with Gasteiger partial charge in [-0.05, 0) is 43.3 Å². The van der Waals surface area contributed by atoms with Gasteiger partial charge in [-0.3, -0.25) is 4.79 Å². The summed E-state index contributed by atoms with van der Waals surface area (Å²) in [5.74, 6) is 0.699. The van der Waals surface area contributed by atoms with Crippen LogP contribution < -0.4 is 15.0 Å². The summed E-state index contributed by atoms with van der Waals surface area (Å²) < 4.78 is 10.8. The number of quaternary nitrogens is 1. The van der Waals surface area contributed by atoms with E-state index in [-0.39, 0.29) is 5.91 Å². The molecule has 0 radical (unpaired) electrons. The van der Waals surface area contributed by atoms with E-state index in [1.165, 1.54) is 10.5 Å². The third-order valence-electron chi connectivity index (χ3n) is 4.29. The lowest BCUT2D eigenvalue weighted by Gasteiger charge is -2.23. The second kappa shape index (κ2) is 8.65. The first-order chi connectivity index (χ1) is 12.2. The summed E-state index contributed by atoms with van der Waals surface area (Å²) in [6, 6.07) is 15.3. The molecule has 1 aliphatic rings. The minimum atomic E-state index is -0.102. The lowest BCUT2D eigenvalue weighted by molar-refractivity contribution is -0.921. The minimum absolute atomic E-state index is 0.102. The third kappa shape index (κ3) is 5.05. The van der Waals surface area contributed by atoms with Crippen LogP contribution in [0.15, 0.2) is 48.5 Å². The van der Waals surface area contributed by atoms with Crippen LogP contribution in [0.2, 0.25) is 0 Å². The Hall–Kier alpha value is -2.37. The zero-order valence-electron chi connectivity index (χ0n) is 14.6. The van der Waals surface area contributed by atoms with Crippen LogP contribution in [0.5, 0.6) is 5.75 Å². The molecule has 5 nitrogen and oxygen atoms in total. The van der Waals surface area contributed by atoms with Gasteiger partial charge < -0.3 is 19.7 Å². The number of amides is 1. The Bertz CT molecular complexity index is 677. The van der Waals surface area contributed by atoms with E-state index >= 15 is 0 Å². The van der Waals surface area contributed by atoms with Gasteiger partial charge in [0.1, 0.15) is 25.4 Å². The number of carbonyl (C=O) groups is 1. The first-order valence-corrected chi connectivity index (χ1v) is 8.79. The Labute approximate surface area is 148 Å². The van der Waals surface area contributed by atoms with Crippen molar-refractivity contribution in [2.24, 2.45) is 0 Å². The van der Waals surface area contributed by atoms with E-state index < -0.39 is 0 Å². The van der Waals surface area contributed by atoms with Gasteiger partial charge in [0.2, 0.25) is 0 Å². The van der Waals surface area contributed by atoms with E-state index in [2.05, 4.69) is 5.32 Å². The second-order valence-corrected chi connectivity index (χ2v) is 6.15. The molecule has 0 unspecified atom stereocenters. The van der Waals surface area contributed by atoms with Gasteiger partial charge in [0.05, 0.1) is 19.8 Å². The predicted molar refractivity (Wildman–Crippen MR) is 97.2 cm³/mol. The van der Waals surface area contributed by atoms with Gasteiger partial charge in [-0.15, -0.1) is 0 Å². The van der Waals surface area contributed by atoms with Crippen molar-refractivity contribution in [3.8, 4) is 5.75 Å². The molecular formula is C20H25N2O3+. The topological polar surface area (TPSA) is 52.0 Å². The molecule has 5 heteroatoms. The molecule has 1 aliphatic heterocycles. The van der Waals surface area contributed by atoms with Crippen LogP contribution in [0.25, 0.3) is 0 Å². The molecule has 2 aromatic carbocycles. The molecule has 0 saturated carbocycles. The van der Waals surface area contributed by atoms with Crippen LogP contribution in [0, 0.1) is 0 Å². The molecule has 2 N–H and O–H groups in total. The zero-order chi connectivity index (χ0) is 17.5. The van der Waals surface area contributed by atoms with E-state index in [1.54, 1.807) is 0 Å². The van der Waals surface area contributed by atoms with Crippen molar-refractivity contribution in [3.05, 3.63) is 59.7 Å². The monoisotopic (exact) mass is 341 g/mol. The maximum absolute atomic E-state index is 12.4. The summed E-state index contributed by atoms with van der Waals surface area (Å²) in [4.78, 5) is 13.9. The van der Waals surface area contributed by atoms with Gasteiger partial charge >= 0.3 is 0 Å². The van der Waals surface area contributed by atoms with Crippen LogP contribution in [0.4, 0.5) is 5.69 Å². The number of rotatable bonds is 6. The van der Waals surface area contributed by atoms with Crippen molar-refractivity contribution in [1.29, 1.82) is 0 Å². The number of hydrogen-bond donors (Lipinski definition) is 2. The maximum Gasteiger partial charge on any atom is 0.255 e. The zero-order valence-corrected chi connectivity index (χ0v) is 14.6. The SMILES string of the molecule is CCOc1ccc(NC(=O)c2ccc(C[NH+]3CCOCC3)cc2)cc1. The molecule has 0 spiro atoms. The van der Waals surface area contributed by atoms with Gasteiger partial charge in [0.15, 0.2) is 0 Å². The summed E-state index contributed by atoms with van der Waals surface area (Å²) in [6.07, 6.45) is 0. The number of morpholine rings is 1. The fraction of sp³-hybridized carbons (Fsp3) is 0.350. The summed E-state index contributed by atoms with van der Waals surface area (Å²) in [5, 5.41) is 2.91. The molecule has 0 aliphatic carbocycles. The predicted octanol–water partition coefficient (Wildman–Crippen LogP) is 1.75. The lowest BCUT2D eigenvalue weighted by Crippen LogP contribution is -3.12. The van der Waals surface area contributed by atoms with Crippen molar-refractivity contribution in [3.63, 3.8) is 0 Å². The van der Waals surface area contributed by atoms with Crippen molar-refractivity contribution in [2.45, 2.75) is 13.5 Å². The molecule has 1 fully saturated rings. The number of carbonyl (C=O) groups excluding carboxylic acids is 1.